The summed E-state index contributed by atoms with van der Waals surface area (Å²) in [5.74, 6) is 0.506. The summed E-state index contributed by atoms with van der Waals surface area (Å²) in [4.78, 5) is 10.8. The van der Waals surface area contributed by atoms with Crippen LogP contribution in [-0.2, 0) is 13.1 Å². The van der Waals surface area contributed by atoms with E-state index in [0.29, 0.717) is 37.6 Å². The summed E-state index contributed by atoms with van der Waals surface area (Å²) in [5, 5.41) is 12.2. The Bertz CT molecular complexity index is 710. The summed E-state index contributed by atoms with van der Waals surface area (Å²) in [6, 6.07) is 12.7. The molecule has 132 valence electrons. The molecule has 0 spiro atoms. The van der Waals surface area contributed by atoms with Gasteiger partial charge in [-0.1, -0.05) is 30.9 Å². The van der Waals surface area contributed by atoms with E-state index < -0.39 is 5.97 Å². The molecule has 25 heavy (non-hydrogen) atoms. The van der Waals surface area contributed by atoms with Gasteiger partial charge in [0.1, 0.15) is 6.61 Å². The molecule has 0 saturated carbocycles. The second kappa shape index (κ2) is 9.49. The molecule has 0 amide bonds. The van der Waals surface area contributed by atoms with E-state index in [2.05, 4.69) is 11.9 Å². The molecule has 0 aliphatic carbocycles. The van der Waals surface area contributed by atoms with Gasteiger partial charge in [-0.05, 0) is 42.3 Å². The smallest absolute Gasteiger partial charge is 0.335 e. The van der Waals surface area contributed by atoms with Crippen LogP contribution in [0.1, 0.15) is 28.4 Å². The molecule has 5 nitrogen and oxygen atoms in total. The highest BCUT2D eigenvalue weighted by Gasteiger charge is 2.06. The van der Waals surface area contributed by atoms with E-state index in [9.17, 15) is 4.79 Å². The van der Waals surface area contributed by atoms with Crippen LogP contribution in [0.2, 0.25) is 0 Å². The lowest BCUT2D eigenvalue weighted by molar-refractivity contribution is 0.0697. The quantitative estimate of drug-likeness (QED) is 0.646. The molecular weight excluding hydrogens is 318 g/mol. The maximum absolute atomic E-state index is 10.8. The second-order valence-corrected chi connectivity index (χ2v) is 5.42. The van der Waals surface area contributed by atoms with E-state index in [4.69, 9.17) is 14.6 Å². The first-order valence-corrected chi connectivity index (χ1v) is 8.16. The summed E-state index contributed by atoms with van der Waals surface area (Å²) in [6.07, 6.45) is 1.70. The molecule has 0 saturated heterocycles. The maximum Gasteiger partial charge on any atom is 0.335 e. The highest BCUT2D eigenvalue weighted by molar-refractivity contribution is 5.87. The number of rotatable bonds is 10. The molecule has 2 rings (SSSR count). The average Bonchev–Trinajstić information content (AvgIpc) is 2.62. The van der Waals surface area contributed by atoms with E-state index in [-0.39, 0.29) is 0 Å². The molecular formula is C20H23NO4. The molecule has 0 bridgehead atoms. The van der Waals surface area contributed by atoms with Crippen LogP contribution in [0.25, 0.3) is 0 Å². The second-order valence-electron chi connectivity index (χ2n) is 5.42. The summed E-state index contributed by atoms with van der Waals surface area (Å²) < 4.78 is 11.2. The number of aromatic carboxylic acids is 1. The summed E-state index contributed by atoms with van der Waals surface area (Å²) in [7, 11) is 0. The van der Waals surface area contributed by atoms with Crippen molar-refractivity contribution in [2.75, 3.05) is 13.2 Å². The number of carboxylic acid groups (broad SMARTS) is 1. The molecule has 0 heterocycles. The largest absolute Gasteiger partial charge is 0.490 e. The third-order valence-electron chi connectivity index (χ3n) is 3.52. The molecule has 2 N–H and O–H groups in total. The molecule has 0 aliphatic rings. The first kappa shape index (κ1) is 18.5. The minimum atomic E-state index is -0.915. The summed E-state index contributed by atoms with van der Waals surface area (Å²) in [6.45, 7) is 7.90. The first-order valence-electron chi connectivity index (χ1n) is 8.16. The Kier molecular flexibility index (Phi) is 7.04. The van der Waals surface area contributed by atoms with Crippen molar-refractivity contribution in [3.63, 3.8) is 0 Å². The summed E-state index contributed by atoms with van der Waals surface area (Å²) in [5.41, 5.74) is 2.40. The van der Waals surface area contributed by atoms with Crippen LogP contribution in [0.3, 0.4) is 0 Å². The fourth-order valence-corrected chi connectivity index (χ4v) is 2.32. The molecule has 0 atom stereocenters. The number of hydrogen-bond acceptors (Lipinski definition) is 4. The van der Waals surface area contributed by atoms with Crippen molar-refractivity contribution in [3.8, 4) is 11.5 Å². The van der Waals surface area contributed by atoms with Gasteiger partial charge in [-0.25, -0.2) is 4.79 Å². The molecule has 2 aromatic rings. The van der Waals surface area contributed by atoms with E-state index in [1.54, 1.807) is 18.2 Å². The first-order chi connectivity index (χ1) is 12.1. The fourth-order valence-electron chi connectivity index (χ4n) is 2.32. The molecule has 0 fully saturated rings. The zero-order valence-corrected chi connectivity index (χ0v) is 14.3. The monoisotopic (exact) mass is 341 g/mol. The van der Waals surface area contributed by atoms with Gasteiger partial charge in [0.2, 0.25) is 0 Å². The highest BCUT2D eigenvalue weighted by atomic mass is 16.5. The van der Waals surface area contributed by atoms with Gasteiger partial charge in [0.15, 0.2) is 11.5 Å². The van der Waals surface area contributed by atoms with E-state index in [0.717, 1.165) is 16.9 Å². The van der Waals surface area contributed by atoms with Crippen molar-refractivity contribution in [2.24, 2.45) is 0 Å². The van der Waals surface area contributed by atoms with Gasteiger partial charge in [-0.15, -0.1) is 0 Å². The van der Waals surface area contributed by atoms with Gasteiger partial charge in [-0.2, -0.15) is 0 Å². The van der Waals surface area contributed by atoms with Crippen LogP contribution >= 0.6 is 0 Å². The Hall–Kier alpha value is -2.79. The van der Waals surface area contributed by atoms with Gasteiger partial charge >= 0.3 is 5.97 Å². The number of carbonyl (C=O) groups is 1. The van der Waals surface area contributed by atoms with Crippen molar-refractivity contribution in [3.05, 3.63) is 71.8 Å². The third-order valence-corrected chi connectivity index (χ3v) is 3.52. The Balaban J connectivity index is 1.94. The van der Waals surface area contributed by atoms with Crippen molar-refractivity contribution in [1.82, 2.24) is 5.32 Å². The van der Waals surface area contributed by atoms with Crippen LogP contribution < -0.4 is 14.8 Å². The zero-order chi connectivity index (χ0) is 18.1. The van der Waals surface area contributed by atoms with Crippen molar-refractivity contribution in [1.29, 1.82) is 0 Å². The Labute approximate surface area is 147 Å². The van der Waals surface area contributed by atoms with Crippen molar-refractivity contribution < 1.29 is 19.4 Å². The predicted molar refractivity (Wildman–Crippen MR) is 97.2 cm³/mol. The fraction of sp³-hybridized carbons (Fsp3) is 0.250. The summed E-state index contributed by atoms with van der Waals surface area (Å²) >= 11 is 0. The normalized spacial score (nSPS) is 10.3. The predicted octanol–water partition coefficient (Wildman–Crippen LogP) is 3.64. The lowest BCUT2D eigenvalue weighted by atomic mass is 10.1. The average molecular weight is 341 g/mol. The minimum Gasteiger partial charge on any atom is -0.490 e. The molecule has 5 heteroatoms. The van der Waals surface area contributed by atoms with Crippen LogP contribution in [-0.4, -0.2) is 24.3 Å². The van der Waals surface area contributed by atoms with Crippen LogP contribution in [0.15, 0.2) is 55.1 Å². The number of carboxylic acids is 1. The number of nitrogens with one attached hydrogen (secondary N) is 1. The Morgan fingerprint density at radius 1 is 1.08 bits per heavy atom. The van der Waals surface area contributed by atoms with Gasteiger partial charge in [-0.3, -0.25) is 0 Å². The van der Waals surface area contributed by atoms with Gasteiger partial charge in [0.05, 0.1) is 12.2 Å². The minimum absolute atomic E-state index is 0.292. The molecule has 0 unspecified atom stereocenters. The topological polar surface area (TPSA) is 67.8 Å². The van der Waals surface area contributed by atoms with Crippen LogP contribution in [0, 0.1) is 0 Å². The zero-order valence-electron chi connectivity index (χ0n) is 14.3. The SMILES string of the molecule is C=CCOc1ccc(CNCc2ccc(C(=O)O)cc2)cc1OCC. The lowest BCUT2D eigenvalue weighted by Crippen LogP contribution is -2.13. The molecule has 0 aliphatic heterocycles. The van der Waals surface area contributed by atoms with Gasteiger partial charge in [0.25, 0.3) is 0 Å². The third kappa shape index (κ3) is 5.65. The number of hydrogen-bond donors (Lipinski definition) is 2. The van der Waals surface area contributed by atoms with E-state index in [1.807, 2.05) is 37.3 Å². The van der Waals surface area contributed by atoms with Crippen LogP contribution in [0.4, 0.5) is 0 Å². The lowest BCUT2D eigenvalue weighted by Gasteiger charge is -2.13. The maximum atomic E-state index is 10.8. The van der Waals surface area contributed by atoms with Gasteiger partial charge < -0.3 is 19.9 Å². The van der Waals surface area contributed by atoms with E-state index in [1.165, 1.54) is 0 Å². The van der Waals surface area contributed by atoms with Crippen molar-refractivity contribution in [2.45, 2.75) is 20.0 Å². The number of ether oxygens (including phenoxy) is 2. The van der Waals surface area contributed by atoms with E-state index >= 15 is 0 Å². The number of benzene rings is 2. The molecule has 0 aromatic heterocycles. The van der Waals surface area contributed by atoms with Crippen LogP contribution in [0.5, 0.6) is 11.5 Å². The molecule has 2 aromatic carbocycles. The standard InChI is InChI=1S/C20H23NO4/c1-3-11-25-18-10-7-16(12-19(18)24-4-2)14-21-13-15-5-8-17(9-6-15)20(22)23/h3,5-10,12,21H,1,4,11,13-14H2,2H3,(H,22,23). The highest BCUT2D eigenvalue weighted by Crippen LogP contribution is 2.28. The van der Waals surface area contributed by atoms with Crippen molar-refractivity contribution >= 4 is 5.97 Å². The molecule has 0 radical (unpaired) electrons. The Morgan fingerprint density at radius 3 is 2.40 bits per heavy atom. The Morgan fingerprint density at radius 2 is 1.76 bits per heavy atom. The van der Waals surface area contributed by atoms with Gasteiger partial charge in [0, 0.05) is 13.1 Å².